The summed E-state index contributed by atoms with van der Waals surface area (Å²) in [7, 11) is 0. The Kier molecular flexibility index (Phi) is 3.09. The monoisotopic (exact) mass is 236 g/mol. The molecule has 1 saturated heterocycles. The molecule has 0 saturated carbocycles. The number of hydrogen-bond acceptors (Lipinski definition) is 3. The van der Waals surface area contributed by atoms with Crippen molar-refractivity contribution in [1.29, 1.82) is 0 Å². The molecule has 1 aliphatic heterocycles. The van der Waals surface area contributed by atoms with Crippen LogP contribution in [0.25, 0.3) is 0 Å². The van der Waals surface area contributed by atoms with Crippen LogP contribution in [0.15, 0.2) is 0 Å². The van der Waals surface area contributed by atoms with Crippen molar-refractivity contribution in [2.24, 2.45) is 5.92 Å². The van der Waals surface area contributed by atoms with Crippen molar-refractivity contribution in [2.45, 2.75) is 33.7 Å². The molecule has 0 spiro atoms. The van der Waals surface area contributed by atoms with Crippen LogP contribution >= 0.6 is 0 Å². The van der Waals surface area contributed by atoms with Gasteiger partial charge in [0.25, 0.3) is 0 Å². The van der Waals surface area contributed by atoms with E-state index in [9.17, 15) is 4.79 Å². The molecule has 1 aliphatic rings. The molecule has 1 aromatic rings. The largest absolute Gasteiger partial charge is 0.396 e. The average molecular weight is 236 g/mol. The molecule has 17 heavy (non-hydrogen) atoms. The third kappa shape index (κ3) is 2.28. The molecule has 2 heterocycles. The van der Waals surface area contributed by atoms with Gasteiger partial charge in [0, 0.05) is 13.1 Å². The number of carbonyl (C=O) groups excluding carboxylic acids is 1. The van der Waals surface area contributed by atoms with E-state index in [2.05, 4.69) is 12.0 Å². The third-order valence-corrected chi connectivity index (χ3v) is 3.50. The number of likely N-dealkylation sites (tertiary alicyclic amines) is 1. The number of rotatable bonds is 2. The summed E-state index contributed by atoms with van der Waals surface area (Å²) in [6.07, 6.45) is 1.10. The first-order valence-corrected chi connectivity index (χ1v) is 6.06. The van der Waals surface area contributed by atoms with Gasteiger partial charge in [-0.2, -0.15) is 5.10 Å². The van der Waals surface area contributed by atoms with Gasteiger partial charge in [0.2, 0.25) is 5.91 Å². The Balaban J connectivity index is 2.05. The smallest absolute Gasteiger partial charge is 0.244 e. The molecule has 1 amide bonds. The quantitative estimate of drug-likeness (QED) is 0.831. The van der Waals surface area contributed by atoms with E-state index >= 15 is 0 Å². The number of aryl methyl sites for hydroxylation is 1. The first kappa shape index (κ1) is 12.0. The molecule has 1 atom stereocenters. The maximum Gasteiger partial charge on any atom is 0.244 e. The minimum absolute atomic E-state index is 0.139. The van der Waals surface area contributed by atoms with Crippen LogP contribution in [0.1, 0.15) is 24.7 Å². The zero-order valence-corrected chi connectivity index (χ0v) is 10.7. The number of nitrogens with two attached hydrogens (primary N) is 1. The molecule has 0 radical (unpaired) electrons. The zero-order chi connectivity index (χ0) is 12.6. The van der Waals surface area contributed by atoms with Gasteiger partial charge in [-0.3, -0.25) is 9.48 Å². The summed E-state index contributed by atoms with van der Waals surface area (Å²) in [5, 5.41) is 4.28. The van der Waals surface area contributed by atoms with Gasteiger partial charge in [-0.1, -0.05) is 6.92 Å². The highest BCUT2D eigenvalue weighted by molar-refractivity contribution is 5.76. The SMILES string of the molecule is Cc1nn(CC(=O)N2CCC(C)C2)c(C)c1N. The van der Waals surface area contributed by atoms with Gasteiger partial charge in [0.05, 0.1) is 17.1 Å². The standard InChI is InChI=1S/C12H20N4O/c1-8-4-5-15(6-8)11(17)7-16-10(3)12(13)9(2)14-16/h8H,4-7,13H2,1-3H3. The summed E-state index contributed by atoms with van der Waals surface area (Å²) in [6.45, 7) is 7.98. The molecule has 1 aromatic heterocycles. The highest BCUT2D eigenvalue weighted by atomic mass is 16.2. The maximum absolute atomic E-state index is 12.1. The highest BCUT2D eigenvalue weighted by Crippen LogP contribution is 2.17. The molecule has 1 unspecified atom stereocenters. The second-order valence-corrected chi connectivity index (χ2v) is 4.98. The fourth-order valence-corrected chi connectivity index (χ4v) is 2.25. The van der Waals surface area contributed by atoms with Gasteiger partial charge in [0.1, 0.15) is 6.54 Å². The molecule has 0 bridgehead atoms. The summed E-state index contributed by atoms with van der Waals surface area (Å²) < 4.78 is 1.70. The van der Waals surface area contributed by atoms with E-state index in [-0.39, 0.29) is 5.91 Å². The number of amides is 1. The van der Waals surface area contributed by atoms with Gasteiger partial charge >= 0.3 is 0 Å². The minimum Gasteiger partial charge on any atom is -0.396 e. The molecular weight excluding hydrogens is 216 g/mol. The number of carbonyl (C=O) groups is 1. The van der Waals surface area contributed by atoms with Crippen LogP contribution in [-0.4, -0.2) is 33.7 Å². The van der Waals surface area contributed by atoms with E-state index in [1.54, 1.807) is 4.68 Å². The van der Waals surface area contributed by atoms with Crippen LogP contribution in [0.3, 0.4) is 0 Å². The fraction of sp³-hybridized carbons (Fsp3) is 0.667. The number of hydrogen-bond donors (Lipinski definition) is 1. The van der Waals surface area contributed by atoms with Crippen LogP contribution in [0, 0.1) is 19.8 Å². The predicted octanol–water partition coefficient (Wildman–Crippen LogP) is 0.951. The molecule has 2 N–H and O–H groups in total. The number of nitrogens with zero attached hydrogens (tertiary/aromatic N) is 3. The minimum atomic E-state index is 0.139. The number of nitrogen functional groups attached to an aromatic ring is 1. The summed E-state index contributed by atoms with van der Waals surface area (Å²) in [5.41, 5.74) is 8.21. The van der Waals surface area contributed by atoms with Crippen molar-refractivity contribution >= 4 is 11.6 Å². The van der Waals surface area contributed by atoms with Gasteiger partial charge in [-0.15, -0.1) is 0 Å². The van der Waals surface area contributed by atoms with Crippen LogP contribution in [0.2, 0.25) is 0 Å². The lowest BCUT2D eigenvalue weighted by molar-refractivity contribution is -0.131. The van der Waals surface area contributed by atoms with Crippen LogP contribution < -0.4 is 5.73 Å². The lowest BCUT2D eigenvalue weighted by Crippen LogP contribution is -2.32. The maximum atomic E-state index is 12.1. The molecular formula is C12H20N4O. The van der Waals surface area contributed by atoms with E-state index in [0.29, 0.717) is 18.2 Å². The topological polar surface area (TPSA) is 64.2 Å². The fourth-order valence-electron chi connectivity index (χ4n) is 2.25. The molecule has 5 nitrogen and oxygen atoms in total. The van der Waals surface area contributed by atoms with Crippen molar-refractivity contribution in [3.8, 4) is 0 Å². The predicted molar refractivity (Wildman–Crippen MR) is 66.5 cm³/mol. The van der Waals surface area contributed by atoms with E-state index in [1.165, 1.54) is 0 Å². The second-order valence-electron chi connectivity index (χ2n) is 4.98. The van der Waals surface area contributed by atoms with Crippen molar-refractivity contribution in [1.82, 2.24) is 14.7 Å². The summed E-state index contributed by atoms with van der Waals surface area (Å²) in [6, 6.07) is 0. The van der Waals surface area contributed by atoms with Gasteiger partial charge in [-0.25, -0.2) is 0 Å². The van der Waals surface area contributed by atoms with Gasteiger partial charge in [-0.05, 0) is 26.2 Å². The van der Waals surface area contributed by atoms with E-state index < -0.39 is 0 Å². The Hall–Kier alpha value is -1.52. The number of aromatic nitrogens is 2. The van der Waals surface area contributed by atoms with Crippen molar-refractivity contribution in [2.75, 3.05) is 18.8 Å². The van der Waals surface area contributed by atoms with Crippen molar-refractivity contribution < 1.29 is 4.79 Å². The van der Waals surface area contributed by atoms with Gasteiger partial charge < -0.3 is 10.6 Å². The highest BCUT2D eigenvalue weighted by Gasteiger charge is 2.24. The summed E-state index contributed by atoms with van der Waals surface area (Å²) in [4.78, 5) is 14.0. The molecule has 94 valence electrons. The van der Waals surface area contributed by atoms with Crippen LogP contribution in [0.5, 0.6) is 0 Å². The van der Waals surface area contributed by atoms with Crippen molar-refractivity contribution in [3.05, 3.63) is 11.4 Å². The molecule has 1 fully saturated rings. The van der Waals surface area contributed by atoms with E-state index in [0.717, 1.165) is 30.9 Å². The van der Waals surface area contributed by atoms with Crippen LogP contribution in [0.4, 0.5) is 5.69 Å². The lowest BCUT2D eigenvalue weighted by Gasteiger charge is -2.16. The first-order valence-electron chi connectivity index (χ1n) is 6.06. The molecule has 5 heteroatoms. The second kappa shape index (κ2) is 4.39. The zero-order valence-electron chi connectivity index (χ0n) is 10.7. The summed E-state index contributed by atoms with van der Waals surface area (Å²) in [5.74, 6) is 0.754. The first-order chi connectivity index (χ1) is 7.99. The molecule has 0 aromatic carbocycles. The molecule has 2 rings (SSSR count). The Labute approximate surface area is 102 Å². The Morgan fingerprint density at radius 3 is 2.71 bits per heavy atom. The normalized spacial score (nSPS) is 19.9. The van der Waals surface area contributed by atoms with E-state index in [4.69, 9.17) is 5.73 Å². The molecule has 0 aliphatic carbocycles. The lowest BCUT2D eigenvalue weighted by atomic mass is 10.2. The Morgan fingerprint density at radius 1 is 1.53 bits per heavy atom. The summed E-state index contributed by atoms with van der Waals surface area (Å²) >= 11 is 0. The Morgan fingerprint density at radius 2 is 2.24 bits per heavy atom. The van der Waals surface area contributed by atoms with Crippen molar-refractivity contribution in [3.63, 3.8) is 0 Å². The number of anilines is 1. The van der Waals surface area contributed by atoms with E-state index in [1.807, 2.05) is 18.7 Å². The van der Waals surface area contributed by atoms with Crippen LogP contribution in [-0.2, 0) is 11.3 Å². The average Bonchev–Trinajstić information content (AvgIpc) is 2.80. The van der Waals surface area contributed by atoms with Gasteiger partial charge in [0.15, 0.2) is 0 Å². The Bertz CT molecular complexity index is 438. The third-order valence-electron chi connectivity index (χ3n) is 3.50.